The molecule has 1 aliphatic rings. The number of methoxy groups -OCH3 is 1. The standard InChI is InChI=1S/C13H19NO3/c1-4-16-14-8-11-7-13-10(5-9(2)17-13)6-12(11)15-3/h6-7,9,14H,4-5,8H2,1-3H3. The molecule has 0 radical (unpaired) electrons. The maximum absolute atomic E-state index is 5.73. The molecule has 1 aromatic carbocycles. The molecule has 1 heterocycles. The van der Waals surface area contributed by atoms with Gasteiger partial charge in [0.15, 0.2) is 0 Å². The first-order valence-corrected chi connectivity index (χ1v) is 5.95. The second kappa shape index (κ2) is 5.38. The zero-order valence-corrected chi connectivity index (χ0v) is 10.6. The van der Waals surface area contributed by atoms with E-state index in [0.717, 1.165) is 23.5 Å². The molecule has 1 aliphatic heterocycles. The Morgan fingerprint density at radius 1 is 1.47 bits per heavy atom. The SMILES string of the molecule is CCONCc1cc2c(cc1OC)CC(C)O2. The molecule has 2 rings (SSSR count). The van der Waals surface area contributed by atoms with E-state index in [-0.39, 0.29) is 6.10 Å². The monoisotopic (exact) mass is 237 g/mol. The predicted octanol–water partition coefficient (Wildman–Crippen LogP) is 2.06. The molecule has 0 aliphatic carbocycles. The first-order chi connectivity index (χ1) is 8.24. The number of benzene rings is 1. The number of rotatable bonds is 5. The fourth-order valence-corrected chi connectivity index (χ4v) is 2.04. The second-order valence-corrected chi connectivity index (χ2v) is 4.16. The Kier molecular flexibility index (Phi) is 3.86. The topological polar surface area (TPSA) is 39.7 Å². The van der Waals surface area contributed by atoms with Gasteiger partial charge >= 0.3 is 0 Å². The Labute approximate surface area is 102 Å². The molecule has 17 heavy (non-hydrogen) atoms. The first-order valence-electron chi connectivity index (χ1n) is 5.95. The van der Waals surface area contributed by atoms with Gasteiger partial charge in [0.25, 0.3) is 0 Å². The van der Waals surface area contributed by atoms with Crippen molar-refractivity contribution in [2.24, 2.45) is 0 Å². The van der Waals surface area contributed by atoms with Crippen molar-refractivity contribution in [1.29, 1.82) is 0 Å². The summed E-state index contributed by atoms with van der Waals surface area (Å²) in [7, 11) is 1.69. The minimum atomic E-state index is 0.254. The molecule has 0 saturated heterocycles. The minimum Gasteiger partial charge on any atom is -0.496 e. The number of hydrogen-bond acceptors (Lipinski definition) is 4. The van der Waals surface area contributed by atoms with Crippen molar-refractivity contribution in [2.75, 3.05) is 13.7 Å². The van der Waals surface area contributed by atoms with Crippen LogP contribution in [0.15, 0.2) is 12.1 Å². The molecule has 0 saturated carbocycles. The lowest BCUT2D eigenvalue weighted by Gasteiger charge is -2.11. The van der Waals surface area contributed by atoms with Crippen molar-refractivity contribution in [3.8, 4) is 11.5 Å². The average Bonchev–Trinajstić information content (AvgIpc) is 2.67. The Balaban J connectivity index is 2.17. The lowest BCUT2D eigenvalue weighted by Crippen LogP contribution is -2.14. The van der Waals surface area contributed by atoms with Crippen molar-refractivity contribution >= 4 is 0 Å². The number of nitrogens with one attached hydrogen (secondary N) is 1. The van der Waals surface area contributed by atoms with E-state index in [1.807, 2.05) is 13.0 Å². The van der Waals surface area contributed by atoms with E-state index in [0.29, 0.717) is 13.2 Å². The molecule has 0 bridgehead atoms. The van der Waals surface area contributed by atoms with Crippen molar-refractivity contribution < 1.29 is 14.3 Å². The second-order valence-electron chi connectivity index (χ2n) is 4.16. The summed E-state index contributed by atoms with van der Waals surface area (Å²) >= 11 is 0. The van der Waals surface area contributed by atoms with Crippen LogP contribution in [0.1, 0.15) is 25.0 Å². The third-order valence-corrected chi connectivity index (χ3v) is 2.81. The van der Waals surface area contributed by atoms with Crippen LogP contribution in [-0.4, -0.2) is 19.8 Å². The van der Waals surface area contributed by atoms with Gasteiger partial charge in [0.1, 0.15) is 17.6 Å². The van der Waals surface area contributed by atoms with E-state index in [1.165, 1.54) is 5.56 Å². The molecule has 4 nitrogen and oxygen atoms in total. The van der Waals surface area contributed by atoms with Crippen LogP contribution in [0.4, 0.5) is 0 Å². The fourth-order valence-electron chi connectivity index (χ4n) is 2.04. The van der Waals surface area contributed by atoms with E-state index >= 15 is 0 Å². The highest BCUT2D eigenvalue weighted by Gasteiger charge is 2.21. The van der Waals surface area contributed by atoms with E-state index in [1.54, 1.807) is 7.11 Å². The summed E-state index contributed by atoms with van der Waals surface area (Å²) in [6, 6.07) is 4.09. The highest BCUT2D eigenvalue weighted by molar-refractivity contribution is 5.48. The Hall–Kier alpha value is -1.26. The average molecular weight is 237 g/mol. The van der Waals surface area contributed by atoms with Gasteiger partial charge in [0.2, 0.25) is 0 Å². The predicted molar refractivity (Wildman–Crippen MR) is 65.3 cm³/mol. The molecule has 1 atom stereocenters. The summed E-state index contributed by atoms with van der Waals surface area (Å²) in [5, 5.41) is 0. The maximum atomic E-state index is 5.73. The Morgan fingerprint density at radius 2 is 2.29 bits per heavy atom. The van der Waals surface area contributed by atoms with Gasteiger partial charge in [-0.15, -0.1) is 0 Å². The van der Waals surface area contributed by atoms with Gasteiger partial charge in [-0.2, -0.15) is 5.48 Å². The smallest absolute Gasteiger partial charge is 0.123 e. The summed E-state index contributed by atoms with van der Waals surface area (Å²) in [6.07, 6.45) is 1.20. The molecular weight excluding hydrogens is 218 g/mol. The molecular formula is C13H19NO3. The Bertz CT molecular complexity index is 392. The van der Waals surface area contributed by atoms with Gasteiger partial charge in [-0.05, 0) is 26.0 Å². The highest BCUT2D eigenvalue weighted by atomic mass is 16.6. The van der Waals surface area contributed by atoms with Gasteiger partial charge in [-0.25, -0.2) is 0 Å². The normalized spacial score (nSPS) is 17.7. The molecule has 0 amide bonds. The molecule has 0 fully saturated rings. The van der Waals surface area contributed by atoms with Crippen LogP contribution in [0, 0.1) is 0 Å². The van der Waals surface area contributed by atoms with Crippen LogP contribution in [0.3, 0.4) is 0 Å². The van der Waals surface area contributed by atoms with Gasteiger partial charge in [0.05, 0.1) is 13.7 Å². The van der Waals surface area contributed by atoms with Gasteiger partial charge < -0.3 is 14.3 Å². The lowest BCUT2D eigenvalue weighted by atomic mass is 10.1. The van der Waals surface area contributed by atoms with Crippen LogP contribution in [0.5, 0.6) is 11.5 Å². The molecule has 94 valence electrons. The number of ether oxygens (including phenoxy) is 2. The third kappa shape index (κ3) is 2.70. The van der Waals surface area contributed by atoms with Crippen LogP contribution in [-0.2, 0) is 17.8 Å². The van der Waals surface area contributed by atoms with Gasteiger partial charge in [-0.3, -0.25) is 0 Å². The van der Waals surface area contributed by atoms with Crippen molar-refractivity contribution in [3.63, 3.8) is 0 Å². The third-order valence-electron chi connectivity index (χ3n) is 2.81. The van der Waals surface area contributed by atoms with Gasteiger partial charge in [0, 0.05) is 24.1 Å². The fraction of sp³-hybridized carbons (Fsp3) is 0.538. The zero-order valence-electron chi connectivity index (χ0n) is 10.6. The largest absolute Gasteiger partial charge is 0.496 e. The quantitative estimate of drug-likeness (QED) is 0.628. The maximum Gasteiger partial charge on any atom is 0.123 e. The number of hydrogen-bond donors (Lipinski definition) is 1. The molecule has 1 aromatic rings. The minimum absolute atomic E-state index is 0.254. The van der Waals surface area contributed by atoms with Gasteiger partial charge in [-0.1, -0.05) is 0 Å². The van der Waals surface area contributed by atoms with Crippen LogP contribution >= 0.6 is 0 Å². The van der Waals surface area contributed by atoms with Crippen molar-refractivity contribution in [3.05, 3.63) is 23.3 Å². The zero-order chi connectivity index (χ0) is 12.3. The first kappa shape index (κ1) is 12.2. The van der Waals surface area contributed by atoms with Crippen LogP contribution in [0.2, 0.25) is 0 Å². The van der Waals surface area contributed by atoms with Crippen LogP contribution in [0.25, 0.3) is 0 Å². The Morgan fingerprint density at radius 3 is 3.00 bits per heavy atom. The number of fused-ring (bicyclic) bond motifs is 1. The van der Waals surface area contributed by atoms with Crippen molar-refractivity contribution in [1.82, 2.24) is 5.48 Å². The highest BCUT2D eigenvalue weighted by Crippen LogP contribution is 2.34. The molecule has 0 aromatic heterocycles. The van der Waals surface area contributed by atoms with E-state index in [2.05, 4.69) is 18.5 Å². The summed E-state index contributed by atoms with van der Waals surface area (Å²) in [5.41, 5.74) is 5.16. The van der Waals surface area contributed by atoms with E-state index < -0.39 is 0 Å². The summed E-state index contributed by atoms with van der Waals surface area (Å²) < 4.78 is 11.1. The van der Waals surface area contributed by atoms with E-state index in [9.17, 15) is 0 Å². The van der Waals surface area contributed by atoms with Crippen molar-refractivity contribution in [2.45, 2.75) is 32.9 Å². The lowest BCUT2D eigenvalue weighted by molar-refractivity contribution is 0.0459. The molecule has 0 spiro atoms. The molecule has 4 heteroatoms. The summed E-state index contributed by atoms with van der Waals surface area (Å²) in [5.74, 6) is 1.85. The molecule has 1 unspecified atom stereocenters. The summed E-state index contributed by atoms with van der Waals surface area (Å²) in [6.45, 7) is 5.27. The number of hydroxylamine groups is 1. The van der Waals surface area contributed by atoms with E-state index in [4.69, 9.17) is 14.3 Å². The summed E-state index contributed by atoms with van der Waals surface area (Å²) in [4.78, 5) is 5.13. The van der Waals surface area contributed by atoms with Crippen LogP contribution < -0.4 is 15.0 Å². The molecule has 1 N–H and O–H groups in total.